The second-order valence-corrected chi connectivity index (χ2v) is 5.85. The fourth-order valence-corrected chi connectivity index (χ4v) is 2.70. The van der Waals surface area contributed by atoms with E-state index in [9.17, 15) is 10.1 Å². The molecule has 0 N–H and O–H groups in total. The topological polar surface area (TPSA) is 46.4 Å². The van der Waals surface area contributed by atoms with Crippen LogP contribution in [0, 0.1) is 10.1 Å². The third kappa shape index (κ3) is 6.46. The summed E-state index contributed by atoms with van der Waals surface area (Å²) in [6.45, 7) is 6.23. The number of rotatable bonds is 12. The minimum Gasteiger partial charge on any atom is -0.366 e. The van der Waals surface area contributed by atoms with Crippen molar-refractivity contribution >= 4 is 11.4 Å². The molecule has 0 atom stereocenters. The predicted molar refractivity (Wildman–Crippen MR) is 93.6 cm³/mol. The first kappa shape index (κ1) is 18.5. The lowest BCUT2D eigenvalue weighted by Crippen LogP contribution is -2.26. The Kier molecular flexibility index (Phi) is 9.28. The van der Waals surface area contributed by atoms with Crippen LogP contribution in [0.4, 0.5) is 11.4 Å². The van der Waals surface area contributed by atoms with Gasteiger partial charge in [-0.2, -0.15) is 0 Å². The molecule has 1 aromatic carbocycles. The van der Waals surface area contributed by atoms with Crippen LogP contribution in [0.5, 0.6) is 0 Å². The van der Waals surface area contributed by atoms with Crippen LogP contribution in [0.1, 0.15) is 65.2 Å². The molecule has 0 radical (unpaired) electrons. The molecule has 0 unspecified atom stereocenters. The van der Waals surface area contributed by atoms with E-state index in [4.69, 9.17) is 0 Å². The molecule has 124 valence electrons. The van der Waals surface area contributed by atoms with Crippen molar-refractivity contribution in [3.63, 3.8) is 0 Å². The van der Waals surface area contributed by atoms with Gasteiger partial charge >= 0.3 is 0 Å². The Bertz CT molecular complexity index is 423. The van der Waals surface area contributed by atoms with Crippen molar-refractivity contribution < 1.29 is 4.92 Å². The van der Waals surface area contributed by atoms with Gasteiger partial charge in [-0.1, -0.05) is 64.5 Å². The third-order valence-corrected chi connectivity index (χ3v) is 3.98. The van der Waals surface area contributed by atoms with E-state index in [1.807, 2.05) is 12.1 Å². The Morgan fingerprint density at radius 1 is 0.909 bits per heavy atom. The number of nitro benzene ring substituents is 1. The number of hydrogen-bond acceptors (Lipinski definition) is 3. The van der Waals surface area contributed by atoms with Crippen LogP contribution in [-0.4, -0.2) is 18.0 Å². The lowest BCUT2D eigenvalue weighted by Gasteiger charge is -2.24. The van der Waals surface area contributed by atoms with Crippen LogP contribution in [-0.2, 0) is 0 Å². The second-order valence-electron chi connectivity index (χ2n) is 5.85. The summed E-state index contributed by atoms with van der Waals surface area (Å²) in [6.07, 6.45) is 9.50. The van der Waals surface area contributed by atoms with Crippen LogP contribution in [0.15, 0.2) is 24.3 Å². The smallest absolute Gasteiger partial charge is 0.292 e. The quantitative estimate of drug-likeness (QED) is 0.288. The standard InChI is InChI=1S/C18H30N2O2/c1-3-5-7-11-15-19(16-12-8-6-4-2)17-13-9-10-14-18(17)20(21)22/h9-10,13-14H,3-8,11-12,15-16H2,1-2H3. The summed E-state index contributed by atoms with van der Waals surface area (Å²) < 4.78 is 0. The first-order valence-corrected chi connectivity index (χ1v) is 8.69. The molecule has 0 spiro atoms. The number of para-hydroxylation sites is 2. The highest BCUT2D eigenvalue weighted by molar-refractivity contribution is 5.63. The number of nitro groups is 1. The summed E-state index contributed by atoms with van der Waals surface area (Å²) in [5.74, 6) is 0. The molecule has 1 aromatic rings. The van der Waals surface area contributed by atoms with E-state index in [2.05, 4.69) is 18.7 Å². The van der Waals surface area contributed by atoms with E-state index < -0.39 is 0 Å². The van der Waals surface area contributed by atoms with Crippen molar-refractivity contribution in [3.8, 4) is 0 Å². The maximum Gasteiger partial charge on any atom is 0.292 e. The molecule has 4 heteroatoms. The van der Waals surface area contributed by atoms with Gasteiger partial charge in [-0.25, -0.2) is 0 Å². The van der Waals surface area contributed by atoms with Gasteiger partial charge in [0, 0.05) is 19.2 Å². The lowest BCUT2D eigenvalue weighted by molar-refractivity contribution is -0.384. The number of anilines is 1. The zero-order chi connectivity index (χ0) is 16.2. The monoisotopic (exact) mass is 306 g/mol. The highest BCUT2D eigenvalue weighted by Crippen LogP contribution is 2.28. The Labute approximate surface area is 134 Å². The number of unbranched alkanes of at least 4 members (excludes halogenated alkanes) is 6. The SMILES string of the molecule is CCCCCCN(CCCCCC)c1ccccc1[N+](=O)[O-]. The molecule has 0 saturated heterocycles. The molecular formula is C18H30N2O2. The van der Waals surface area contributed by atoms with Gasteiger partial charge in [-0.15, -0.1) is 0 Å². The van der Waals surface area contributed by atoms with Gasteiger partial charge in [0.15, 0.2) is 0 Å². The molecule has 0 aliphatic carbocycles. The number of nitrogens with zero attached hydrogens (tertiary/aromatic N) is 2. The number of benzene rings is 1. The Morgan fingerprint density at radius 2 is 1.45 bits per heavy atom. The second kappa shape index (κ2) is 11.0. The normalized spacial score (nSPS) is 10.6. The van der Waals surface area contributed by atoms with Crippen molar-refractivity contribution in [2.45, 2.75) is 65.2 Å². The molecule has 0 saturated carbocycles. The van der Waals surface area contributed by atoms with Gasteiger partial charge in [0.2, 0.25) is 0 Å². The number of hydrogen-bond donors (Lipinski definition) is 0. The van der Waals surface area contributed by atoms with Crippen LogP contribution in [0.3, 0.4) is 0 Å². The van der Waals surface area contributed by atoms with Gasteiger partial charge < -0.3 is 4.90 Å². The molecule has 0 heterocycles. The zero-order valence-corrected chi connectivity index (χ0v) is 14.1. The van der Waals surface area contributed by atoms with Crippen molar-refractivity contribution in [1.29, 1.82) is 0 Å². The van der Waals surface area contributed by atoms with E-state index in [0.29, 0.717) is 0 Å². The van der Waals surface area contributed by atoms with Crippen molar-refractivity contribution in [2.75, 3.05) is 18.0 Å². The van der Waals surface area contributed by atoms with Gasteiger partial charge in [0.25, 0.3) is 5.69 Å². The molecule has 0 amide bonds. The van der Waals surface area contributed by atoms with Gasteiger partial charge in [0.1, 0.15) is 5.69 Å². The molecule has 0 bridgehead atoms. The minimum atomic E-state index is -0.263. The van der Waals surface area contributed by atoms with Crippen molar-refractivity contribution in [1.82, 2.24) is 0 Å². The summed E-state index contributed by atoms with van der Waals surface area (Å²) in [5, 5.41) is 11.3. The summed E-state index contributed by atoms with van der Waals surface area (Å²) in [4.78, 5) is 13.2. The molecule has 1 rings (SSSR count). The molecule has 0 aromatic heterocycles. The molecule has 0 fully saturated rings. The minimum absolute atomic E-state index is 0.230. The molecule has 4 nitrogen and oxygen atoms in total. The van der Waals surface area contributed by atoms with E-state index in [-0.39, 0.29) is 10.6 Å². The molecular weight excluding hydrogens is 276 g/mol. The summed E-state index contributed by atoms with van der Waals surface area (Å²) in [7, 11) is 0. The van der Waals surface area contributed by atoms with Gasteiger partial charge in [-0.3, -0.25) is 10.1 Å². The summed E-state index contributed by atoms with van der Waals surface area (Å²) in [6, 6.07) is 7.14. The van der Waals surface area contributed by atoms with Crippen LogP contribution in [0.2, 0.25) is 0 Å². The van der Waals surface area contributed by atoms with E-state index >= 15 is 0 Å². The average Bonchev–Trinajstić information content (AvgIpc) is 2.53. The first-order chi connectivity index (χ1) is 10.7. The fraction of sp³-hybridized carbons (Fsp3) is 0.667. The van der Waals surface area contributed by atoms with Crippen molar-refractivity contribution in [3.05, 3.63) is 34.4 Å². The Morgan fingerprint density at radius 3 is 1.95 bits per heavy atom. The fourth-order valence-electron chi connectivity index (χ4n) is 2.70. The van der Waals surface area contributed by atoms with E-state index in [1.165, 1.54) is 38.5 Å². The van der Waals surface area contributed by atoms with Crippen molar-refractivity contribution in [2.24, 2.45) is 0 Å². The zero-order valence-electron chi connectivity index (χ0n) is 14.1. The highest BCUT2D eigenvalue weighted by atomic mass is 16.6. The summed E-state index contributed by atoms with van der Waals surface area (Å²) >= 11 is 0. The van der Waals surface area contributed by atoms with Crippen LogP contribution < -0.4 is 4.90 Å². The predicted octanol–water partition coefficient (Wildman–Crippen LogP) is 5.56. The first-order valence-electron chi connectivity index (χ1n) is 8.69. The Hall–Kier alpha value is -1.58. The van der Waals surface area contributed by atoms with E-state index in [0.717, 1.165) is 31.6 Å². The molecule has 0 aliphatic heterocycles. The van der Waals surface area contributed by atoms with Gasteiger partial charge in [-0.05, 0) is 18.9 Å². The highest BCUT2D eigenvalue weighted by Gasteiger charge is 2.18. The van der Waals surface area contributed by atoms with Crippen LogP contribution in [0.25, 0.3) is 0 Å². The maximum atomic E-state index is 11.3. The lowest BCUT2D eigenvalue weighted by atomic mass is 10.1. The van der Waals surface area contributed by atoms with Crippen LogP contribution >= 0.6 is 0 Å². The van der Waals surface area contributed by atoms with Gasteiger partial charge in [0.05, 0.1) is 4.92 Å². The molecule has 0 aliphatic rings. The molecule has 22 heavy (non-hydrogen) atoms. The Balaban J connectivity index is 2.72. The van der Waals surface area contributed by atoms with E-state index in [1.54, 1.807) is 12.1 Å². The average molecular weight is 306 g/mol. The third-order valence-electron chi connectivity index (χ3n) is 3.98. The largest absolute Gasteiger partial charge is 0.366 e. The summed E-state index contributed by atoms with van der Waals surface area (Å²) in [5.41, 5.74) is 1.01. The maximum absolute atomic E-state index is 11.3.